The minimum Gasteiger partial charge on any atom is -0.477 e. The van der Waals surface area contributed by atoms with Gasteiger partial charge in [0.2, 0.25) is 21.8 Å². The number of aromatic nitrogens is 3. The molecule has 1 aromatic carbocycles. The number of hydrogen-bond donors (Lipinski definition) is 2. The minimum atomic E-state index is -3.46. The van der Waals surface area contributed by atoms with E-state index in [1.54, 1.807) is 18.2 Å². The van der Waals surface area contributed by atoms with Gasteiger partial charge >= 0.3 is 0 Å². The number of amides is 1. The van der Waals surface area contributed by atoms with Crippen LogP contribution in [0.1, 0.15) is 44.7 Å². The summed E-state index contributed by atoms with van der Waals surface area (Å²) in [6, 6.07) is 7.72. The van der Waals surface area contributed by atoms with Crippen LogP contribution < -0.4 is 14.8 Å². The molecule has 11 heteroatoms. The van der Waals surface area contributed by atoms with Crippen LogP contribution >= 0.6 is 0 Å². The molecule has 198 valence electrons. The summed E-state index contributed by atoms with van der Waals surface area (Å²) in [5, 5.41) is 2.42. The molecular weight excluding hydrogens is 509 g/mol. The summed E-state index contributed by atoms with van der Waals surface area (Å²) < 4.78 is 48.1. The van der Waals surface area contributed by atoms with Crippen molar-refractivity contribution in [2.45, 2.75) is 49.7 Å². The van der Waals surface area contributed by atoms with Gasteiger partial charge in [-0.25, -0.2) is 17.8 Å². The molecule has 3 aromatic rings. The Balaban J connectivity index is 1.25. The summed E-state index contributed by atoms with van der Waals surface area (Å²) in [7, 11) is -3.46. The first-order chi connectivity index (χ1) is 18.3. The van der Waals surface area contributed by atoms with Crippen molar-refractivity contribution in [2.24, 2.45) is 11.8 Å². The van der Waals surface area contributed by atoms with E-state index < -0.39 is 21.3 Å². The lowest BCUT2D eigenvalue weighted by molar-refractivity contribution is -0.122. The van der Waals surface area contributed by atoms with E-state index in [-0.39, 0.29) is 16.8 Å². The second-order valence-corrected chi connectivity index (χ2v) is 12.3. The van der Waals surface area contributed by atoms with E-state index in [1.807, 2.05) is 6.92 Å². The molecule has 6 rings (SSSR count). The molecule has 0 spiro atoms. The molecule has 3 fully saturated rings. The number of rotatable bonds is 9. The highest BCUT2D eigenvalue weighted by Gasteiger charge is 2.59. The molecule has 0 radical (unpaired) electrons. The number of anilines is 2. The number of hydrogen-bond acceptors (Lipinski definition) is 7. The van der Waals surface area contributed by atoms with Crippen LogP contribution in [0.4, 0.5) is 15.8 Å². The second-order valence-electron chi connectivity index (χ2n) is 10.3. The maximum Gasteiger partial charge on any atom is 0.236 e. The van der Waals surface area contributed by atoms with Crippen LogP contribution in [0.5, 0.6) is 5.88 Å². The number of pyridine rings is 1. The van der Waals surface area contributed by atoms with Crippen LogP contribution in [0.2, 0.25) is 0 Å². The van der Waals surface area contributed by atoms with Gasteiger partial charge in [-0.15, -0.1) is 0 Å². The Morgan fingerprint density at radius 1 is 1.16 bits per heavy atom. The SMILES string of the molecule is CCOc1cncc(-c2ccc(NC(=O)C3(c4cc(NS(=O)(=O)C5CC5)ccn4)CC4CC4C3)c(F)c2)n1. The summed E-state index contributed by atoms with van der Waals surface area (Å²) >= 11 is 0. The number of carbonyl (C=O) groups is 1. The van der Waals surface area contributed by atoms with Gasteiger partial charge in [-0.05, 0) is 75.1 Å². The fourth-order valence-electron chi connectivity index (χ4n) is 5.40. The molecule has 38 heavy (non-hydrogen) atoms. The third-order valence-corrected chi connectivity index (χ3v) is 9.49. The molecule has 2 heterocycles. The van der Waals surface area contributed by atoms with Crippen molar-refractivity contribution < 1.29 is 22.3 Å². The lowest BCUT2D eigenvalue weighted by Crippen LogP contribution is -2.40. The highest BCUT2D eigenvalue weighted by molar-refractivity contribution is 7.93. The largest absolute Gasteiger partial charge is 0.477 e. The fraction of sp³-hybridized carbons (Fsp3) is 0.407. The lowest BCUT2D eigenvalue weighted by Gasteiger charge is -2.29. The van der Waals surface area contributed by atoms with Gasteiger partial charge in [0, 0.05) is 11.8 Å². The minimum absolute atomic E-state index is 0.0539. The molecule has 2 atom stereocenters. The number of carbonyl (C=O) groups excluding carboxylic acids is 1. The summed E-state index contributed by atoms with van der Waals surface area (Å²) in [6.07, 6.45) is 8.08. The van der Waals surface area contributed by atoms with E-state index in [0.717, 1.165) is 6.42 Å². The van der Waals surface area contributed by atoms with Gasteiger partial charge in [-0.3, -0.25) is 19.5 Å². The van der Waals surface area contributed by atoms with Gasteiger partial charge in [-0.2, -0.15) is 0 Å². The highest BCUT2D eigenvalue weighted by atomic mass is 32.2. The van der Waals surface area contributed by atoms with Crippen molar-refractivity contribution in [1.29, 1.82) is 0 Å². The fourth-order valence-corrected chi connectivity index (χ4v) is 6.78. The van der Waals surface area contributed by atoms with Gasteiger partial charge in [-0.1, -0.05) is 6.07 Å². The van der Waals surface area contributed by atoms with Crippen molar-refractivity contribution in [2.75, 3.05) is 16.6 Å². The molecule has 3 saturated carbocycles. The number of benzene rings is 1. The van der Waals surface area contributed by atoms with Crippen molar-refractivity contribution in [1.82, 2.24) is 15.0 Å². The van der Waals surface area contributed by atoms with Gasteiger partial charge < -0.3 is 10.1 Å². The average Bonchev–Trinajstić information content (AvgIpc) is 3.84. The maximum absolute atomic E-state index is 15.2. The smallest absolute Gasteiger partial charge is 0.236 e. The Morgan fingerprint density at radius 3 is 2.66 bits per heavy atom. The Labute approximate surface area is 220 Å². The van der Waals surface area contributed by atoms with Crippen LogP contribution in [0.25, 0.3) is 11.3 Å². The quantitative estimate of drug-likeness (QED) is 0.417. The standard InChI is InChI=1S/C27H28FN5O4S/c1-2-37-25-15-29-14-23(31-25)16-3-6-22(21(28)10-16)32-26(34)27(12-17-9-18(17)13-27)24-11-19(7-8-30-24)33-38(35,36)20-4-5-20/h3,6-8,10-11,14-15,17-18,20H,2,4-5,9,12-13H2,1H3,(H,30,33)(H,32,34). The molecule has 3 aliphatic carbocycles. The van der Waals surface area contributed by atoms with Crippen molar-refractivity contribution in [3.8, 4) is 17.1 Å². The van der Waals surface area contributed by atoms with Crippen LogP contribution in [-0.4, -0.2) is 41.1 Å². The Morgan fingerprint density at radius 2 is 1.95 bits per heavy atom. The average molecular weight is 538 g/mol. The molecular formula is C27H28FN5O4S. The molecule has 9 nitrogen and oxygen atoms in total. The Kier molecular flexibility index (Phi) is 6.05. The molecule has 3 aliphatic rings. The predicted octanol–water partition coefficient (Wildman–Crippen LogP) is 4.29. The van der Waals surface area contributed by atoms with Crippen LogP contribution in [0.15, 0.2) is 48.9 Å². The summed E-state index contributed by atoms with van der Waals surface area (Å²) in [4.78, 5) is 26.7. The zero-order chi connectivity index (χ0) is 26.5. The molecule has 2 unspecified atom stereocenters. The highest BCUT2D eigenvalue weighted by Crippen LogP contribution is 2.60. The van der Waals surface area contributed by atoms with Crippen molar-refractivity contribution in [3.05, 3.63) is 60.4 Å². The van der Waals surface area contributed by atoms with Gasteiger partial charge in [0.15, 0.2) is 0 Å². The van der Waals surface area contributed by atoms with Gasteiger partial charge in [0.05, 0.1) is 52.4 Å². The van der Waals surface area contributed by atoms with Gasteiger partial charge in [0.1, 0.15) is 5.82 Å². The normalized spacial score (nSPS) is 23.9. The zero-order valence-corrected chi connectivity index (χ0v) is 21.7. The Hall–Kier alpha value is -3.60. The molecule has 0 bridgehead atoms. The first-order valence-corrected chi connectivity index (χ1v) is 14.4. The van der Waals surface area contributed by atoms with E-state index in [1.165, 1.54) is 30.7 Å². The molecule has 0 aliphatic heterocycles. The van der Waals surface area contributed by atoms with Crippen molar-refractivity contribution in [3.63, 3.8) is 0 Å². The number of nitrogens with zero attached hydrogens (tertiary/aromatic N) is 3. The number of fused-ring (bicyclic) bond motifs is 1. The molecule has 0 saturated heterocycles. The predicted molar refractivity (Wildman–Crippen MR) is 140 cm³/mol. The zero-order valence-electron chi connectivity index (χ0n) is 20.9. The van der Waals surface area contributed by atoms with E-state index in [2.05, 4.69) is 25.0 Å². The van der Waals surface area contributed by atoms with Gasteiger partial charge in [0.25, 0.3) is 0 Å². The van der Waals surface area contributed by atoms with E-state index in [0.29, 0.717) is 72.6 Å². The third-order valence-electron chi connectivity index (χ3n) is 7.62. The number of nitrogens with one attached hydrogen (secondary N) is 2. The Bertz CT molecular complexity index is 1500. The summed E-state index contributed by atoms with van der Waals surface area (Å²) in [5.74, 6) is 0.232. The van der Waals surface area contributed by atoms with E-state index in [4.69, 9.17) is 4.74 Å². The summed E-state index contributed by atoms with van der Waals surface area (Å²) in [5.41, 5.74) is 0.937. The van der Waals surface area contributed by atoms with E-state index >= 15 is 4.39 Å². The first-order valence-electron chi connectivity index (χ1n) is 12.8. The molecule has 2 N–H and O–H groups in total. The van der Waals surface area contributed by atoms with Crippen LogP contribution in [0, 0.1) is 17.7 Å². The van der Waals surface area contributed by atoms with Crippen molar-refractivity contribution >= 4 is 27.3 Å². The topological polar surface area (TPSA) is 123 Å². The number of sulfonamides is 1. The monoisotopic (exact) mass is 537 g/mol. The van der Waals surface area contributed by atoms with Crippen LogP contribution in [-0.2, 0) is 20.2 Å². The second kappa shape index (κ2) is 9.30. The van der Waals surface area contributed by atoms with E-state index in [9.17, 15) is 13.2 Å². The maximum atomic E-state index is 15.2. The number of ether oxygens (including phenoxy) is 1. The summed E-state index contributed by atoms with van der Waals surface area (Å²) in [6.45, 7) is 2.27. The third kappa shape index (κ3) is 4.70. The molecule has 2 aromatic heterocycles. The number of halogens is 1. The molecule has 1 amide bonds. The first kappa shape index (κ1) is 24.7. The van der Waals surface area contributed by atoms with Crippen LogP contribution in [0.3, 0.4) is 0 Å². The lowest BCUT2D eigenvalue weighted by atomic mass is 9.78.